The normalized spacial score (nSPS) is 13.0. The maximum absolute atomic E-state index is 14.0. The van der Waals surface area contributed by atoms with Crippen LogP contribution in [0.15, 0.2) is 34.9 Å². The molecule has 0 saturated heterocycles. The fourth-order valence-electron chi connectivity index (χ4n) is 2.18. The molecule has 0 saturated carbocycles. The van der Waals surface area contributed by atoms with E-state index in [9.17, 15) is 8.78 Å². The van der Waals surface area contributed by atoms with E-state index in [0.717, 1.165) is 6.07 Å². The van der Waals surface area contributed by atoms with Gasteiger partial charge >= 0.3 is 0 Å². The number of halogens is 2. The Bertz CT molecular complexity index is 789. The molecule has 3 aromatic rings. The Morgan fingerprint density at radius 3 is 2.79 bits per heavy atom. The number of nitrogens with one attached hydrogen (secondary N) is 1. The number of furan rings is 1. The number of rotatable bonds is 2. The van der Waals surface area contributed by atoms with Crippen molar-refractivity contribution < 1.29 is 13.2 Å². The van der Waals surface area contributed by atoms with Crippen LogP contribution in [0.1, 0.15) is 18.7 Å². The van der Waals surface area contributed by atoms with Crippen LogP contribution < -0.4 is 0 Å². The van der Waals surface area contributed by atoms with Crippen LogP contribution in [0, 0.1) is 16.4 Å². The second-order valence-corrected chi connectivity index (χ2v) is 4.64. The molecule has 19 heavy (non-hydrogen) atoms. The van der Waals surface area contributed by atoms with Crippen LogP contribution in [0.4, 0.5) is 8.78 Å². The smallest absolute Gasteiger partial charge is 0.184 e. The minimum atomic E-state index is -0.914. The van der Waals surface area contributed by atoms with Gasteiger partial charge in [0.05, 0.1) is 17.8 Å². The lowest BCUT2D eigenvalue weighted by atomic mass is 10.2. The number of aromatic amines is 1. The summed E-state index contributed by atoms with van der Waals surface area (Å²) in [4.78, 5) is 2.87. The van der Waals surface area contributed by atoms with Crippen molar-refractivity contribution in [3.05, 3.63) is 52.7 Å². The molecule has 1 N–H and O–H groups in total. The van der Waals surface area contributed by atoms with Crippen LogP contribution in [-0.4, -0.2) is 9.55 Å². The molecule has 1 unspecified atom stereocenters. The fourth-order valence-corrected chi connectivity index (χ4v) is 2.54. The number of imidazole rings is 1. The maximum Gasteiger partial charge on any atom is 0.184 e. The van der Waals surface area contributed by atoms with Crippen LogP contribution in [0.5, 0.6) is 0 Å². The Labute approximate surface area is 112 Å². The van der Waals surface area contributed by atoms with Crippen LogP contribution in [0.3, 0.4) is 0 Å². The highest BCUT2D eigenvalue weighted by Crippen LogP contribution is 2.27. The van der Waals surface area contributed by atoms with Crippen LogP contribution in [0.2, 0.25) is 0 Å². The van der Waals surface area contributed by atoms with Crippen molar-refractivity contribution in [1.82, 2.24) is 9.55 Å². The van der Waals surface area contributed by atoms with E-state index in [1.807, 2.05) is 6.92 Å². The molecule has 2 heterocycles. The lowest BCUT2D eigenvalue weighted by Gasteiger charge is -2.12. The first-order valence-electron chi connectivity index (χ1n) is 5.71. The summed E-state index contributed by atoms with van der Waals surface area (Å²) in [5.74, 6) is -1.19. The third kappa shape index (κ3) is 1.79. The van der Waals surface area contributed by atoms with Gasteiger partial charge in [0.25, 0.3) is 0 Å². The first kappa shape index (κ1) is 12.1. The van der Waals surface area contributed by atoms with Gasteiger partial charge in [-0.3, -0.25) is 0 Å². The minimum absolute atomic E-state index is 0.119. The molecular formula is C13H10F2N2OS. The van der Waals surface area contributed by atoms with Gasteiger partial charge in [0.1, 0.15) is 11.3 Å². The summed E-state index contributed by atoms with van der Waals surface area (Å²) >= 11 is 5.18. The van der Waals surface area contributed by atoms with E-state index < -0.39 is 11.6 Å². The average molecular weight is 280 g/mol. The molecule has 98 valence electrons. The zero-order valence-electron chi connectivity index (χ0n) is 9.98. The molecule has 1 aromatic carbocycles. The van der Waals surface area contributed by atoms with E-state index in [1.165, 1.54) is 16.9 Å². The SMILES string of the molecule is CC(c1ccco1)n1c(=S)[nH]c2ccc(F)c(F)c21. The van der Waals surface area contributed by atoms with Gasteiger partial charge in [0.15, 0.2) is 16.4 Å². The average Bonchev–Trinajstić information content (AvgIpc) is 3.00. The van der Waals surface area contributed by atoms with Crippen molar-refractivity contribution in [3.8, 4) is 0 Å². The largest absolute Gasteiger partial charge is 0.467 e. The van der Waals surface area contributed by atoms with Gasteiger partial charge in [-0.05, 0) is 43.4 Å². The molecule has 0 spiro atoms. The predicted molar refractivity (Wildman–Crippen MR) is 69.6 cm³/mol. The molecular weight excluding hydrogens is 270 g/mol. The predicted octanol–water partition coefficient (Wildman–Crippen LogP) is 4.18. The topological polar surface area (TPSA) is 33.9 Å². The maximum atomic E-state index is 14.0. The molecule has 1 atom stereocenters. The van der Waals surface area contributed by atoms with Crippen molar-refractivity contribution in [2.75, 3.05) is 0 Å². The zero-order valence-corrected chi connectivity index (χ0v) is 10.8. The standard InChI is InChI=1S/C13H10F2N2OS/c1-7(10-3-2-6-18-10)17-12-9(16-13(17)19)5-4-8(14)11(12)15/h2-7H,1H3,(H,16,19). The van der Waals surface area contributed by atoms with Gasteiger partial charge in [-0.1, -0.05) is 0 Å². The summed E-state index contributed by atoms with van der Waals surface area (Å²) in [5, 5.41) is 0. The summed E-state index contributed by atoms with van der Waals surface area (Å²) in [6.07, 6.45) is 1.53. The first-order valence-corrected chi connectivity index (χ1v) is 6.12. The number of H-pyrrole nitrogens is 1. The van der Waals surface area contributed by atoms with Crippen LogP contribution in [0.25, 0.3) is 11.0 Å². The monoisotopic (exact) mass is 280 g/mol. The number of aromatic nitrogens is 2. The third-order valence-electron chi connectivity index (χ3n) is 3.11. The van der Waals surface area contributed by atoms with E-state index >= 15 is 0 Å². The summed E-state index contributed by atoms with van der Waals surface area (Å²) < 4.78 is 34.5. The Hall–Kier alpha value is -1.95. The first-order chi connectivity index (χ1) is 9.09. The molecule has 0 aliphatic rings. The Morgan fingerprint density at radius 2 is 2.11 bits per heavy atom. The summed E-state index contributed by atoms with van der Waals surface area (Å²) in [5.41, 5.74) is 0.580. The molecule has 0 radical (unpaired) electrons. The molecule has 6 heteroatoms. The van der Waals surface area contributed by atoms with Crippen LogP contribution in [-0.2, 0) is 0 Å². The van der Waals surface area contributed by atoms with E-state index in [1.54, 1.807) is 12.1 Å². The molecule has 3 nitrogen and oxygen atoms in total. The van der Waals surface area contributed by atoms with Gasteiger partial charge in [-0.15, -0.1) is 0 Å². The van der Waals surface area contributed by atoms with E-state index in [2.05, 4.69) is 4.98 Å². The fraction of sp³-hybridized carbons (Fsp3) is 0.154. The lowest BCUT2D eigenvalue weighted by Crippen LogP contribution is -2.07. The molecule has 2 aromatic heterocycles. The molecule has 0 fully saturated rings. The Balaban J connectivity index is 2.32. The van der Waals surface area contributed by atoms with Crippen molar-refractivity contribution in [1.29, 1.82) is 0 Å². The van der Waals surface area contributed by atoms with Crippen LogP contribution >= 0.6 is 12.2 Å². The molecule has 0 bridgehead atoms. The van der Waals surface area contributed by atoms with Gasteiger partial charge in [-0.25, -0.2) is 8.78 Å². The highest BCUT2D eigenvalue weighted by atomic mass is 32.1. The molecule has 0 aliphatic heterocycles. The second-order valence-electron chi connectivity index (χ2n) is 4.25. The van der Waals surface area contributed by atoms with Crippen molar-refractivity contribution in [3.63, 3.8) is 0 Å². The Morgan fingerprint density at radius 1 is 1.32 bits per heavy atom. The summed E-state index contributed by atoms with van der Waals surface area (Å²) in [7, 11) is 0. The number of benzene rings is 1. The van der Waals surface area contributed by atoms with E-state index in [-0.39, 0.29) is 11.6 Å². The summed E-state index contributed by atoms with van der Waals surface area (Å²) in [6, 6.07) is 5.72. The highest BCUT2D eigenvalue weighted by Gasteiger charge is 2.19. The minimum Gasteiger partial charge on any atom is -0.467 e. The molecule has 0 aliphatic carbocycles. The Kier molecular flexibility index (Phi) is 2.74. The van der Waals surface area contributed by atoms with Crippen molar-refractivity contribution in [2.45, 2.75) is 13.0 Å². The quantitative estimate of drug-likeness (QED) is 0.714. The van der Waals surface area contributed by atoms with Gasteiger partial charge in [0, 0.05) is 0 Å². The van der Waals surface area contributed by atoms with Crippen molar-refractivity contribution in [2.24, 2.45) is 0 Å². The third-order valence-corrected chi connectivity index (χ3v) is 3.41. The van der Waals surface area contributed by atoms with Gasteiger partial charge < -0.3 is 14.0 Å². The number of nitrogens with zero attached hydrogens (tertiary/aromatic N) is 1. The lowest BCUT2D eigenvalue weighted by molar-refractivity contribution is 0.444. The number of fused-ring (bicyclic) bond motifs is 1. The number of hydrogen-bond acceptors (Lipinski definition) is 2. The molecule has 0 amide bonds. The number of hydrogen-bond donors (Lipinski definition) is 1. The van der Waals surface area contributed by atoms with E-state index in [0.29, 0.717) is 16.0 Å². The zero-order chi connectivity index (χ0) is 13.6. The van der Waals surface area contributed by atoms with Crippen molar-refractivity contribution >= 4 is 23.3 Å². The molecule has 3 rings (SSSR count). The summed E-state index contributed by atoms with van der Waals surface area (Å²) in [6.45, 7) is 1.81. The second kappa shape index (κ2) is 4.31. The van der Waals surface area contributed by atoms with Gasteiger partial charge in [-0.2, -0.15) is 0 Å². The van der Waals surface area contributed by atoms with Gasteiger partial charge in [0.2, 0.25) is 0 Å². The van der Waals surface area contributed by atoms with E-state index in [4.69, 9.17) is 16.6 Å². The highest BCUT2D eigenvalue weighted by molar-refractivity contribution is 7.71.